The fourth-order valence-electron chi connectivity index (χ4n) is 1.44. The smallest absolute Gasteiger partial charge is 0.341 e. The van der Waals surface area contributed by atoms with Crippen molar-refractivity contribution in [3.63, 3.8) is 0 Å². The lowest BCUT2D eigenvalue weighted by atomic mass is 10.1. The van der Waals surface area contributed by atoms with Crippen LogP contribution in [-0.4, -0.2) is 23.5 Å². The molecule has 0 bridgehead atoms. The molecule has 0 saturated heterocycles. The first-order valence-electron chi connectivity index (χ1n) is 5.55. The van der Waals surface area contributed by atoms with Crippen molar-refractivity contribution in [2.75, 3.05) is 6.54 Å². The number of hydrogen-bond acceptors (Lipinski definition) is 2. The number of carbonyl (C=O) groups is 2. The third-order valence-corrected chi connectivity index (χ3v) is 2.32. The molecule has 1 aromatic rings. The molecule has 1 aromatic carbocycles. The van der Waals surface area contributed by atoms with Gasteiger partial charge in [0, 0.05) is 19.0 Å². The van der Waals surface area contributed by atoms with Crippen molar-refractivity contribution in [2.45, 2.75) is 13.3 Å². The summed E-state index contributed by atoms with van der Waals surface area (Å²) in [5, 5.41) is 11.2. The fraction of sp³-hybridized carbons (Fsp3) is 0.231. The quantitative estimate of drug-likeness (QED) is 0.805. The van der Waals surface area contributed by atoms with Gasteiger partial charge in [0.2, 0.25) is 5.91 Å². The highest BCUT2D eigenvalue weighted by atomic mass is 19.1. The average molecular weight is 269 g/mol. The zero-order valence-electron chi connectivity index (χ0n) is 10.2. The van der Waals surface area contributed by atoms with Gasteiger partial charge in [-0.3, -0.25) is 4.79 Å². The minimum atomic E-state index is -1.65. The van der Waals surface area contributed by atoms with E-state index in [1.54, 1.807) is 6.08 Å². The Bertz CT molecular complexity index is 527. The molecule has 0 spiro atoms. The molecule has 4 nitrogen and oxygen atoms in total. The van der Waals surface area contributed by atoms with E-state index in [1.807, 2.05) is 0 Å². The lowest BCUT2D eigenvalue weighted by molar-refractivity contribution is -0.118. The van der Waals surface area contributed by atoms with E-state index in [1.165, 1.54) is 13.0 Å². The number of aromatic carboxylic acids is 1. The van der Waals surface area contributed by atoms with E-state index in [-0.39, 0.29) is 11.5 Å². The highest BCUT2D eigenvalue weighted by molar-refractivity contribution is 5.89. The summed E-state index contributed by atoms with van der Waals surface area (Å²) in [4.78, 5) is 21.3. The summed E-state index contributed by atoms with van der Waals surface area (Å²) in [6.45, 7) is 1.77. The maximum Gasteiger partial charge on any atom is 0.341 e. The van der Waals surface area contributed by atoms with Crippen LogP contribution < -0.4 is 5.32 Å². The molecule has 0 aliphatic carbocycles. The molecule has 1 rings (SSSR count). The summed E-state index contributed by atoms with van der Waals surface area (Å²) in [5.74, 6) is -4.04. The number of benzene rings is 1. The number of nitrogens with one attached hydrogen (secondary N) is 1. The van der Waals surface area contributed by atoms with E-state index in [0.717, 1.165) is 12.1 Å². The van der Waals surface area contributed by atoms with E-state index in [9.17, 15) is 18.4 Å². The van der Waals surface area contributed by atoms with Crippen LogP contribution in [0.15, 0.2) is 18.2 Å². The summed E-state index contributed by atoms with van der Waals surface area (Å²) in [6.07, 6.45) is 3.37. The molecular weight excluding hydrogens is 256 g/mol. The van der Waals surface area contributed by atoms with Crippen molar-refractivity contribution in [3.8, 4) is 0 Å². The number of carbonyl (C=O) groups excluding carboxylic acids is 1. The molecule has 102 valence electrons. The standard InChI is InChI=1S/C13H13F2NO3/c1-8(17)16-7-3-2-4-9-5-6-10(14)11(12(9)15)13(18)19/h2,4-6H,3,7H2,1H3,(H,16,17)(H,18,19). The van der Waals surface area contributed by atoms with Crippen LogP contribution in [0.4, 0.5) is 8.78 Å². The van der Waals surface area contributed by atoms with E-state index in [0.29, 0.717) is 13.0 Å². The lowest BCUT2D eigenvalue weighted by Crippen LogP contribution is -2.20. The maximum atomic E-state index is 13.7. The summed E-state index contributed by atoms with van der Waals surface area (Å²) in [6, 6.07) is 2.06. The minimum Gasteiger partial charge on any atom is -0.477 e. The Balaban J connectivity index is 2.79. The van der Waals surface area contributed by atoms with Gasteiger partial charge in [0.25, 0.3) is 0 Å². The SMILES string of the molecule is CC(=O)NCCC=Cc1ccc(F)c(C(=O)O)c1F. The first-order valence-corrected chi connectivity index (χ1v) is 5.55. The summed E-state index contributed by atoms with van der Waals surface area (Å²) in [5.41, 5.74) is -0.981. The molecule has 0 heterocycles. The lowest BCUT2D eigenvalue weighted by Gasteiger charge is -2.03. The van der Waals surface area contributed by atoms with Crippen molar-refractivity contribution < 1.29 is 23.5 Å². The van der Waals surface area contributed by atoms with Crippen molar-refractivity contribution in [1.82, 2.24) is 5.32 Å². The van der Waals surface area contributed by atoms with Crippen LogP contribution in [0.3, 0.4) is 0 Å². The first-order chi connectivity index (χ1) is 8.93. The molecular formula is C13H13F2NO3. The van der Waals surface area contributed by atoms with E-state index < -0.39 is 23.2 Å². The third kappa shape index (κ3) is 4.17. The topological polar surface area (TPSA) is 66.4 Å². The van der Waals surface area contributed by atoms with Crippen LogP contribution in [0.25, 0.3) is 6.08 Å². The molecule has 0 atom stereocenters. The van der Waals surface area contributed by atoms with Gasteiger partial charge < -0.3 is 10.4 Å². The van der Waals surface area contributed by atoms with Crippen molar-refractivity contribution in [2.24, 2.45) is 0 Å². The van der Waals surface area contributed by atoms with Crippen LogP contribution in [-0.2, 0) is 4.79 Å². The maximum absolute atomic E-state index is 13.7. The van der Waals surface area contributed by atoms with Crippen LogP contribution in [0, 0.1) is 11.6 Å². The minimum absolute atomic E-state index is 0.0124. The van der Waals surface area contributed by atoms with Gasteiger partial charge in [0.1, 0.15) is 17.2 Å². The van der Waals surface area contributed by atoms with E-state index >= 15 is 0 Å². The highest BCUT2D eigenvalue weighted by Crippen LogP contribution is 2.18. The van der Waals surface area contributed by atoms with Crippen LogP contribution >= 0.6 is 0 Å². The van der Waals surface area contributed by atoms with Gasteiger partial charge in [0.15, 0.2) is 0 Å². The number of hydrogen-bond donors (Lipinski definition) is 2. The molecule has 0 fully saturated rings. The summed E-state index contributed by atoms with van der Waals surface area (Å²) >= 11 is 0. The molecule has 2 N–H and O–H groups in total. The second kappa shape index (κ2) is 6.63. The molecule has 0 radical (unpaired) electrons. The van der Waals surface area contributed by atoms with Gasteiger partial charge in [-0.25, -0.2) is 13.6 Å². The Morgan fingerprint density at radius 1 is 1.37 bits per heavy atom. The molecule has 0 aromatic heterocycles. The number of halogens is 2. The largest absolute Gasteiger partial charge is 0.477 e. The van der Waals surface area contributed by atoms with Gasteiger partial charge in [-0.05, 0) is 18.6 Å². The summed E-state index contributed by atoms with van der Waals surface area (Å²) in [7, 11) is 0. The Hall–Kier alpha value is -2.24. The van der Waals surface area contributed by atoms with Gasteiger partial charge in [-0.1, -0.05) is 12.2 Å². The Morgan fingerprint density at radius 2 is 2.05 bits per heavy atom. The number of carboxylic acids is 1. The molecule has 1 amide bonds. The van der Waals surface area contributed by atoms with Gasteiger partial charge in [0.05, 0.1) is 0 Å². The van der Waals surface area contributed by atoms with Crippen LogP contribution in [0.5, 0.6) is 0 Å². The van der Waals surface area contributed by atoms with Gasteiger partial charge >= 0.3 is 5.97 Å². The van der Waals surface area contributed by atoms with Crippen LogP contribution in [0.2, 0.25) is 0 Å². The zero-order chi connectivity index (χ0) is 14.4. The van der Waals surface area contributed by atoms with E-state index in [2.05, 4.69) is 5.32 Å². The molecule has 0 aliphatic heterocycles. The third-order valence-electron chi connectivity index (χ3n) is 2.32. The second-order valence-electron chi connectivity index (χ2n) is 3.80. The molecule has 0 unspecified atom stereocenters. The van der Waals surface area contributed by atoms with Gasteiger partial charge in [-0.15, -0.1) is 0 Å². The first kappa shape index (κ1) is 14.8. The van der Waals surface area contributed by atoms with Crippen molar-refractivity contribution in [1.29, 1.82) is 0 Å². The van der Waals surface area contributed by atoms with Crippen molar-refractivity contribution >= 4 is 18.0 Å². The zero-order valence-corrected chi connectivity index (χ0v) is 10.2. The Morgan fingerprint density at radius 3 is 2.63 bits per heavy atom. The van der Waals surface area contributed by atoms with E-state index in [4.69, 9.17) is 5.11 Å². The Kier molecular flexibility index (Phi) is 5.17. The van der Waals surface area contributed by atoms with Gasteiger partial charge in [-0.2, -0.15) is 0 Å². The number of carboxylic acid groups (broad SMARTS) is 1. The normalized spacial score (nSPS) is 10.7. The molecule has 0 aliphatic rings. The molecule has 6 heteroatoms. The highest BCUT2D eigenvalue weighted by Gasteiger charge is 2.18. The second-order valence-corrected chi connectivity index (χ2v) is 3.80. The number of amides is 1. The number of rotatable bonds is 5. The summed E-state index contributed by atoms with van der Waals surface area (Å²) < 4.78 is 26.8. The fourth-order valence-corrected chi connectivity index (χ4v) is 1.44. The molecule has 0 saturated carbocycles. The Labute approximate surface area is 108 Å². The average Bonchev–Trinajstić information content (AvgIpc) is 2.30. The van der Waals surface area contributed by atoms with Crippen LogP contribution in [0.1, 0.15) is 29.3 Å². The predicted octanol–water partition coefficient (Wildman–Crippen LogP) is 2.20. The monoisotopic (exact) mass is 269 g/mol. The molecule has 19 heavy (non-hydrogen) atoms. The van der Waals surface area contributed by atoms with Crippen molar-refractivity contribution in [3.05, 3.63) is 41.0 Å². The predicted molar refractivity (Wildman–Crippen MR) is 65.7 cm³/mol.